The van der Waals surface area contributed by atoms with Crippen LogP contribution in [0, 0.1) is 5.92 Å². The van der Waals surface area contributed by atoms with Crippen molar-refractivity contribution in [2.45, 2.75) is 25.3 Å². The zero-order chi connectivity index (χ0) is 10.8. The lowest BCUT2D eigenvalue weighted by atomic mass is 10.1. The Hall–Kier alpha value is -0.570. The highest BCUT2D eigenvalue weighted by atomic mass is 35.5. The van der Waals surface area contributed by atoms with Crippen LogP contribution in [0.4, 0.5) is 0 Å². The maximum Gasteiger partial charge on any atom is 0.0572 e. The van der Waals surface area contributed by atoms with Gasteiger partial charge in [-0.1, -0.05) is 29.8 Å². The lowest BCUT2D eigenvalue weighted by Gasteiger charge is -2.11. The van der Waals surface area contributed by atoms with Crippen LogP contribution >= 0.6 is 11.6 Å². The van der Waals surface area contributed by atoms with E-state index in [0.29, 0.717) is 17.9 Å². The van der Waals surface area contributed by atoms with Crippen LogP contribution in [0.5, 0.6) is 0 Å². The minimum Gasteiger partial charge on any atom is -0.305 e. The smallest absolute Gasteiger partial charge is 0.0572 e. The monoisotopic (exact) mass is 225 g/mol. The van der Waals surface area contributed by atoms with Crippen molar-refractivity contribution in [3.05, 3.63) is 34.9 Å². The first kappa shape index (κ1) is 10.9. The van der Waals surface area contributed by atoms with Crippen molar-refractivity contribution in [3.8, 4) is 0 Å². The second kappa shape index (κ2) is 4.52. The van der Waals surface area contributed by atoms with Crippen LogP contribution < -0.4 is 5.48 Å². The lowest BCUT2D eigenvalue weighted by molar-refractivity contribution is 0.0591. The summed E-state index contributed by atoms with van der Waals surface area (Å²) in [6.45, 7) is 2.14. The summed E-state index contributed by atoms with van der Waals surface area (Å²) in [6.07, 6.45) is 1.20. The molecule has 82 valence electrons. The van der Waals surface area contributed by atoms with Gasteiger partial charge in [0.05, 0.1) is 7.11 Å². The van der Waals surface area contributed by atoms with Crippen molar-refractivity contribution in [2.75, 3.05) is 7.11 Å². The second-order valence-corrected chi connectivity index (χ2v) is 4.55. The summed E-state index contributed by atoms with van der Waals surface area (Å²) in [6, 6.07) is 8.48. The Morgan fingerprint density at radius 3 is 2.87 bits per heavy atom. The molecule has 1 saturated carbocycles. The lowest BCUT2D eigenvalue weighted by Crippen LogP contribution is -2.27. The van der Waals surface area contributed by atoms with Crippen LogP contribution in [0.25, 0.3) is 0 Å². The molecular formula is C12H16ClNO. The summed E-state index contributed by atoms with van der Waals surface area (Å²) in [7, 11) is 1.66. The van der Waals surface area contributed by atoms with Crippen molar-refractivity contribution in [1.29, 1.82) is 0 Å². The second-order valence-electron chi connectivity index (χ2n) is 4.14. The minimum atomic E-state index is 0.385. The Bertz CT molecular complexity index is 342. The Kier molecular flexibility index (Phi) is 3.29. The van der Waals surface area contributed by atoms with E-state index in [-0.39, 0.29) is 0 Å². The van der Waals surface area contributed by atoms with Crippen LogP contribution in [-0.4, -0.2) is 13.2 Å². The number of hydrogen-bond acceptors (Lipinski definition) is 2. The molecule has 3 heteroatoms. The molecule has 1 aromatic carbocycles. The number of nitrogens with one attached hydrogen (secondary N) is 1. The molecule has 1 fully saturated rings. The molecule has 2 rings (SSSR count). The van der Waals surface area contributed by atoms with E-state index < -0.39 is 0 Å². The molecule has 0 radical (unpaired) electrons. The molecule has 0 heterocycles. The van der Waals surface area contributed by atoms with Crippen LogP contribution in [0.2, 0.25) is 5.02 Å². The van der Waals surface area contributed by atoms with Crippen molar-refractivity contribution >= 4 is 11.6 Å². The zero-order valence-electron chi connectivity index (χ0n) is 9.03. The molecule has 0 aromatic heterocycles. The third kappa shape index (κ3) is 2.33. The van der Waals surface area contributed by atoms with E-state index in [9.17, 15) is 0 Å². The standard InChI is InChI=1S/C12H16ClNO/c1-8(14-15-2)10-7-11(10)9-5-3-4-6-12(9)13/h3-6,8,10-11,14H,7H2,1-2H3. The van der Waals surface area contributed by atoms with E-state index in [1.165, 1.54) is 12.0 Å². The molecular weight excluding hydrogens is 210 g/mol. The van der Waals surface area contributed by atoms with Crippen molar-refractivity contribution in [2.24, 2.45) is 5.92 Å². The van der Waals surface area contributed by atoms with Gasteiger partial charge in [0.25, 0.3) is 0 Å². The summed E-state index contributed by atoms with van der Waals surface area (Å²) < 4.78 is 0. The van der Waals surface area contributed by atoms with Gasteiger partial charge in [-0.25, -0.2) is 0 Å². The minimum absolute atomic E-state index is 0.385. The van der Waals surface area contributed by atoms with Crippen LogP contribution in [0.3, 0.4) is 0 Å². The van der Waals surface area contributed by atoms with Gasteiger partial charge >= 0.3 is 0 Å². The number of hydroxylamine groups is 1. The molecule has 0 aliphatic heterocycles. The van der Waals surface area contributed by atoms with E-state index in [0.717, 1.165) is 5.02 Å². The van der Waals surface area contributed by atoms with Crippen molar-refractivity contribution < 1.29 is 4.84 Å². The molecule has 1 aliphatic carbocycles. The van der Waals surface area contributed by atoms with Crippen molar-refractivity contribution in [1.82, 2.24) is 5.48 Å². The predicted octanol–water partition coefficient (Wildman–Crippen LogP) is 2.98. The Labute approximate surface area is 95.5 Å². The Morgan fingerprint density at radius 1 is 1.47 bits per heavy atom. The summed E-state index contributed by atoms with van der Waals surface area (Å²) >= 11 is 6.15. The van der Waals surface area contributed by atoms with E-state index in [1.54, 1.807) is 7.11 Å². The highest BCUT2D eigenvalue weighted by Gasteiger charge is 2.42. The average Bonchev–Trinajstić information content (AvgIpc) is 2.98. The number of benzene rings is 1. The van der Waals surface area contributed by atoms with Gasteiger partial charge in [0.1, 0.15) is 0 Å². The fraction of sp³-hybridized carbons (Fsp3) is 0.500. The zero-order valence-corrected chi connectivity index (χ0v) is 9.79. The summed E-state index contributed by atoms with van der Waals surface area (Å²) in [5, 5.41) is 0.884. The summed E-state index contributed by atoms with van der Waals surface area (Å²) in [5.41, 5.74) is 4.26. The van der Waals surface area contributed by atoms with Crippen LogP contribution in [0.15, 0.2) is 24.3 Å². The highest BCUT2D eigenvalue weighted by Crippen LogP contribution is 2.51. The largest absolute Gasteiger partial charge is 0.305 e. The van der Waals surface area contributed by atoms with Crippen molar-refractivity contribution in [3.63, 3.8) is 0 Å². The molecule has 0 spiro atoms. The topological polar surface area (TPSA) is 21.3 Å². The molecule has 1 aliphatic rings. The van der Waals surface area contributed by atoms with Gasteiger partial charge in [0.15, 0.2) is 0 Å². The quantitative estimate of drug-likeness (QED) is 0.796. The number of rotatable bonds is 4. The van der Waals surface area contributed by atoms with E-state index >= 15 is 0 Å². The van der Waals surface area contributed by atoms with Gasteiger partial charge in [0.2, 0.25) is 0 Å². The molecule has 0 amide bonds. The normalized spacial score (nSPS) is 26.3. The van der Waals surface area contributed by atoms with E-state index in [1.807, 2.05) is 18.2 Å². The van der Waals surface area contributed by atoms with Gasteiger partial charge in [-0.05, 0) is 36.8 Å². The Morgan fingerprint density at radius 2 is 2.20 bits per heavy atom. The number of hydrogen-bond donors (Lipinski definition) is 1. The highest BCUT2D eigenvalue weighted by molar-refractivity contribution is 6.31. The van der Waals surface area contributed by atoms with Gasteiger partial charge in [-0.2, -0.15) is 5.48 Å². The molecule has 0 saturated heterocycles. The molecule has 15 heavy (non-hydrogen) atoms. The van der Waals surface area contributed by atoms with Gasteiger partial charge < -0.3 is 4.84 Å². The Balaban J connectivity index is 2.02. The summed E-state index contributed by atoms with van der Waals surface area (Å²) in [4.78, 5) is 4.94. The van der Waals surface area contributed by atoms with Crippen LogP contribution in [-0.2, 0) is 4.84 Å². The predicted molar refractivity (Wildman–Crippen MR) is 61.9 cm³/mol. The van der Waals surface area contributed by atoms with E-state index in [4.69, 9.17) is 16.4 Å². The third-order valence-corrected chi connectivity index (χ3v) is 3.43. The first-order valence-electron chi connectivity index (χ1n) is 5.27. The van der Waals surface area contributed by atoms with Gasteiger partial charge in [0, 0.05) is 11.1 Å². The molecule has 1 N–H and O–H groups in total. The third-order valence-electron chi connectivity index (χ3n) is 3.09. The molecule has 0 bridgehead atoms. The summed E-state index contributed by atoms with van der Waals surface area (Å²) in [5.74, 6) is 1.24. The molecule has 1 aromatic rings. The molecule has 2 nitrogen and oxygen atoms in total. The fourth-order valence-corrected chi connectivity index (χ4v) is 2.45. The molecule has 3 atom stereocenters. The number of halogens is 1. The SMILES string of the molecule is CONC(C)C1CC1c1ccccc1Cl. The van der Waals surface area contributed by atoms with Crippen LogP contribution in [0.1, 0.15) is 24.8 Å². The molecule has 3 unspecified atom stereocenters. The van der Waals surface area contributed by atoms with E-state index in [2.05, 4.69) is 18.5 Å². The average molecular weight is 226 g/mol. The first-order valence-corrected chi connectivity index (χ1v) is 5.64. The first-order chi connectivity index (χ1) is 7.24. The maximum absolute atomic E-state index is 6.15. The fourth-order valence-electron chi connectivity index (χ4n) is 2.17. The van der Waals surface area contributed by atoms with Gasteiger partial charge in [-0.15, -0.1) is 0 Å². The maximum atomic E-state index is 6.15. The van der Waals surface area contributed by atoms with Gasteiger partial charge in [-0.3, -0.25) is 0 Å².